The molecule has 2 nitrogen and oxygen atoms in total. The van der Waals surface area contributed by atoms with Gasteiger partial charge in [-0.2, -0.15) is 0 Å². The molecular formula is C17H21NO. The molecule has 0 spiro atoms. The average molecular weight is 255 g/mol. The zero-order valence-corrected chi connectivity index (χ0v) is 11.7. The summed E-state index contributed by atoms with van der Waals surface area (Å²) in [4.78, 5) is 13.9. The normalized spacial score (nSPS) is 11.1. The molecule has 0 bridgehead atoms. The molecule has 0 unspecified atom stereocenters. The fraction of sp³-hybridized carbons (Fsp3) is 0.353. The van der Waals surface area contributed by atoms with E-state index in [1.165, 1.54) is 0 Å². The third kappa shape index (κ3) is 5.01. The van der Waals surface area contributed by atoms with Gasteiger partial charge in [0, 0.05) is 18.0 Å². The molecule has 0 saturated carbocycles. The van der Waals surface area contributed by atoms with Crippen molar-refractivity contribution in [3.63, 3.8) is 0 Å². The van der Waals surface area contributed by atoms with Crippen molar-refractivity contribution < 1.29 is 4.79 Å². The van der Waals surface area contributed by atoms with E-state index in [-0.39, 0.29) is 11.8 Å². The first-order valence-corrected chi connectivity index (χ1v) is 6.62. The number of hydrogen-bond donors (Lipinski definition) is 0. The SMILES string of the molecule is C=CCN(CC#Cc1ccccc1)C(=O)[C@@H](C)CC. The van der Waals surface area contributed by atoms with E-state index < -0.39 is 0 Å². The molecule has 1 amide bonds. The van der Waals surface area contributed by atoms with Gasteiger partial charge < -0.3 is 4.90 Å². The number of benzene rings is 1. The molecule has 0 aliphatic carbocycles. The van der Waals surface area contributed by atoms with E-state index >= 15 is 0 Å². The van der Waals surface area contributed by atoms with Crippen molar-refractivity contribution in [1.29, 1.82) is 0 Å². The number of carbonyl (C=O) groups excluding carboxylic acids is 1. The fourth-order valence-corrected chi connectivity index (χ4v) is 1.63. The Balaban J connectivity index is 2.67. The van der Waals surface area contributed by atoms with Crippen LogP contribution in [0.3, 0.4) is 0 Å². The summed E-state index contributed by atoms with van der Waals surface area (Å²) < 4.78 is 0. The molecule has 19 heavy (non-hydrogen) atoms. The average Bonchev–Trinajstić information content (AvgIpc) is 2.46. The second-order valence-electron chi connectivity index (χ2n) is 4.48. The second kappa shape index (κ2) is 8.16. The van der Waals surface area contributed by atoms with Crippen molar-refractivity contribution in [3.8, 4) is 11.8 Å². The maximum absolute atomic E-state index is 12.1. The van der Waals surface area contributed by atoms with E-state index in [0.717, 1.165) is 12.0 Å². The molecular weight excluding hydrogens is 234 g/mol. The predicted octanol–water partition coefficient (Wildman–Crippen LogP) is 3.10. The van der Waals surface area contributed by atoms with Crippen LogP contribution in [0.4, 0.5) is 0 Å². The summed E-state index contributed by atoms with van der Waals surface area (Å²) in [5, 5.41) is 0. The highest BCUT2D eigenvalue weighted by Gasteiger charge is 2.16. The molecule has 0 saturated heterocycles. The summed E-state index contributed by atoms with van der Waals surface area (Å²) in [6.07, 6.45) is 2.59. The van der Waals surface area contributed by atoms with E-state index in [1.54, 1.807) is 11.0 Å². The highest BCUT2D eigenvalue weighted by atomic mass is 16.2. The van der Waals surface area contributed by atoms with Crippen molar-refractivity contribution in [1.82, 2.24) is 4.90 Å². The van der Waals surface area contributed by atoms with Gasteiger partial charge in [0.05, 0.1) is 6.54 Å². The fourth-order valence-electron chi connectivity index (χ4n) is 1.63. The van der Waals surface area contributed by atoms with E-state index in [1.807, 2.05) is 44.2 Å². The molecule has 0 fully saturated rings. The Kier molecular flexibility index (Phi) is 6.46. The van der Waals surface area contributed by atoms with E-state index in [9.17, 15) is 4.79 Å². The van der Waals surface area contributed by atoms with Gasteiger partial charge >= 0.3 is 0 Å². The molecule has 0 aromatic heterocycles. The Labute approximate surface area is 116 Å². The largest absolute Gasteiger partial charge is 0.328 e. The van der Waals surface area contributed by atoms with Crippen molar-refractivity contribution in [2.45, 2.75) is 20.3 Å². The highest BCUT2D eigenvalue weighted by Crippen LogP contribution is 2.06. The lowest BCUT2D eigenvalue weighted by molar-refractivity contribution is -0.133. The molecule has 1 aromatic rings. The molecule has 1 rings (SSSR count). The lowest BCUT2D eigenvalue weighted by Crippen LogP contribution is -2.35. The topological polar surface area (TPSA) is 20.3 Å². The molecule has 0 radical (unpaired) electrons. The van der Waals surface area contributed by atoms with Crippen LogP contribution in [0.15, 0.2) is 43.0 Å². The standard InChI is InChI=1S/C17H21NO/c1-4-13-18(17(19)15(3)5-2)14-9-12-16-10-7-6-8-11-16/h4,6-8,10-11,15H,1,5,13-14H2,2-3H3/t15-/m0/s1. The van der Waals surface area contributed by atoms with Crippen LogP contribution in [0.5, 0.6) is 0 Å². The Morgan fingerprint density at radius 1 is 1.42 bits per heavy atom. The van der Waals surface area contributed by atoms with Crippen molar-refractivity contribution >= 4 is 5.91 Å². The zero-order valence-electron chi connectivity index (χ0n) is 11.7. The van der Waals surface area contributed by atoms with Crippen LogP contribution in [0, 0.1) is 17.8 Å². The smallest absolute Gasteiger partial charge is 0.226 e. The second-order valence-corrected chi connectivity index (χ2v) is 4.48. The van der Waals surface area contributed by atoms with Crippen LogP contribution in [0.1, 0.15) is 25.8 Å². The quantitative estimate of drug-likeness (QED) is 0.585. The van der Waals surface area contributed by atoms with Gasteiger partial charge in [-0.3, -0.25) is 4.79 Å². The Morgan fingerprint density at radius 2 is 2.11 bits per heavy atom. The zero-order chi connectivity index (χ0) is 14.1. The van der Waals surface area contributed by atoms with Gasteiger partial charge in [0.2, 0.25) is 5.91 Å². The van der Waals surface area contributed by atoms with Crippen LogP contribution >= 0.6 is 0 Å². The Bertz CT molecular complexity index is 467. The first-order chi connectivity index (χ1) is 9.19. The molecule has 0 aliphatic heterocycles. The third-order valence-electron chi connectivity index (χ3n) is 2.97. The first kappa shape index (κ1) is 15.0. The van der Waals surface area contributed by atoms with Crippen LogP contribution in [0.25, 0.3) is 0 Å². The summed E-state index contributed by atoms with van der Waals surface area (Å²) in [6, 6.07) is 9.79. The Hall–Kier alpha value is -2.01. The monoisotopic (exact) mass is 255 g/mol. The van der Waals surface area contributed by atoms with Gasteiger partial charge in [-0.1, -0.05) is 50.0 Å². The van der Waals surface area contributed by atoms with E-state index in [4.69, 9.17) is 0 Å². The van der Waals surface area contributed by atoms with Gasteiger partial charge in [-0.05, 0) is 18.6 Å². The van der Waals surface area contributed by atoms with E-state index in [0.29, 0.717) is 13.1 Å². The van der Waals surface area contributed by atoms with Crippen molar-refractivity contribution in [2.24, 2.45) is 5.92 Å². The van der Waals surface area contributed by atoms with E-state index in [2.05, 4.69) is 18.4 Å². The van der Waals surface area contributed by atoms with Gasteiger partial charge in [0.1, 0.15) is 0 Å². The van der Waals surface area contributed by atoms with Crippen LogP contribution in [-0.2, 0) is 4.79 Å². The van der Waals surface area contributed by atoms with Gasteiger partial charge in [-0.15, -0.1) is 6.58 Å². The van der Waals surface area contributed by atoms with Gasteiger partial charge in [-0.25, -0.2) is 0 Å². The summed E-state index contributed by atoms with van der Waals surface area (Å²) >= 11 is 0. The molecule has 100 valence electrons. The minimum Gasteiger partial charge on any atom is -0.328 e. The minimum absolute atomic E-state index is 0.0403. The lowest BCUT2D eigenvalue weighted by atomic mass is 10.1. The summed E-state index contributed by atoms with van der Waals surface area (Å²) in [5.74, 6) is 6.30. The first-order valence-electron chi connectivity index (χ1n) is 6.62. The van der Waals surface area contributed by atoms with Gasteiger partial charge in [0.25, 0.3) is 0 Å². The number of rotatable bonds is 5. The summed E-state index contributed by atoms with van der Waals surface area (Å²) in [6.45, 7) is 8.65. The van der Waals surface area contributed by atoms with Crippen molar-refractivity contribution in [3.05, 3.63) is 48.6 Å². The van der Waals surface area contributed by atoms with Crippen LogP contribution in [0.2, 0.25) is 0 Å². The summed E-state index contributed by atoms with van der Waals surface area (Å²) in [7, 11) is 0. The third-order valence-corrected chi connectivity index (χ3v) is 2.97. The van der Waals surface area contributed by atoms with Gasteiger partial charge in [0.15, 0.2) is 0 Å². The number of nitrogens with zero attached hydrogens (tertiary/aromatic N) is 1. The predicted molar refractivity (Wildman–Crippen MR) is 79.6 cm³/mol. The molecule has 0 heterocycles. The molecule has 0 aliphatic rings. The summed E-state index contributed by atoms with van der Waals surface area (Å²) in [5.41, 5.74) is 0.969. The number of carbonyl (C=O) groups is 1. The maximum Gasteiger partial charge on any atom is 0.226 e. The molecule has 1 atom stereocenters. The molecule has 0 N–H and O–H groups in total. The lowest BCUT2D eigenvalue weighted by Gasteiger charge is -2.21. The van der Waals surface area contributed by atoms with Crippen LogP contribution in [-0.4, -0.2) is 23.9 Å². The maximum atomic E-state index is 12.1. The minimum atomic E-state index is 0.0403. The van der Waals surface area contributed by atoms with Crippen LogP contribution < -0.4 is 0 Å². The number of hydrogen-bond acceptors (Lipinski definition) is 1. The molecule has 2 heteroatoms. The molecule has 1 aromatic carbocycles. The Morgan fingerprint density at radius 3 is 2.68 bits per heavy atom. The number of amides is 1. The highest BCUT2D eigenvalue weighted by molar-refractivity contribution is 5.78. The van der Waals surface area contributed by atoms with Crippen molar-refractivity contribution in [2.75, 3.05) is 13.1 Å².